The van der Waals surface area contributed by atoms with Gasteiger partial charge in [0, 0.05) is 31.7 Å². The highest BCUT2D eigenvalue weighted by atomic mass is 79.9. The lowest BCUT2D eigenvalue weighted by atomic mass is 10.2. The Morgan fingerprint density at radius 1 is 1.20 bits per heavy atom. The summed E-state index contributed by atoms with van der Waals surface area (Å²) in [4.78, 5) is 26.7. The maximum absolute atomic E-state index is 13.4. The molecule has 0 aliphatic carbocycles. The molecule has 0 N–H and O–H groups in total. The summed E-state index contributed by atoms with van der Waals surface area (Å²) in [7, 11) is 1.32. The van der Waals surface area contributed by atoms with Crippen LogP contribution < -0.4 is 0 Å². The molecule has 0 atom stereocenters. The predicted octanol–water partition coefficient (Wildman–Crippen LogP) is 2.11. The number of hydrogen-bond donors (Lipinski definition) is 0. The fourth-order valence-electron chi connectivity index (χ4n) is 2.03. The van der Waals surface area contributed by atoms with E-state index in [4.69, 9.17) is 0 Å². The minimum Gasteiger partial charge on any atom is -0.453 e. The molecule has 1 saturated heterocycles. The van der Waals surface area contributed by atoms with Gasteiger partial charge < -0.3 is 14.5 Å². The maximum atomic E-state index is 13.4. The van der Waals surface area contributed by atoms with E-state index in [9.17, 15) is 14.0 Å². The van der Waals surface area contributed by atoms with Crippen LogP contribution in [0.25, 0.3) is 0 Å². The third kappa shape index (κ3) is 3.09. The van der Waals surface area contributed by atoms with Crippen LogP contribution in [0.1, 0.15) is 10.4 Å². The molecule has 0 aromatic heterocycles. The van der Waals surface area contributed by atoms with Crippen molar-refractivity contribution < 1.29 is 18.7 Å². The highest BCUT2D eigenvalue weighted by Crippen LogP contribution is 2.18. The summed E-state index contributed by atoms with van der Waals surface area (Å²) >= 11 is 3.05. The SMILES string of the molecule is COC(=O)N1CCN(C(=O)c2ccc(Br)c(F)c2)CC1. The van der Waals surface area contributed by atoms with Crippen LogP contribution in [0.15, 0.2) is 22.7 Å². The van der Waals surface area contributed by atoms with Gasteiger partial charge in [-0.2, -0.15) is 0 Å². The zero-order chi connectivity index (χ0) is 14.7. The van der Waals surface area contributed by atoms with Crippen LogP contribution in [0.2, 0.25) is 0 Å². The minimum absolute atomic E-state index is 0.235. The molecule has 20 heavy (non-hydrogen) atoms. The van der Waals surface area contributed by atoms with E-state index in [0.29, 0.717) is 36.2 Å². The Morgan fingerprint density at radius 3 is 2.35 bits per heavy atom. The van der Waals surface area contributed by atoms with Gasteiger partial charge in [0.1, 0.15) is 5.82 Å². The minimum atomic E-state index is -0.468. The van der Waals surface area contributed by atoms with Gasteiger partial charge in [0.05, 0.1) is 11.6 Å². The number of amides is 2. The summed E-state index contributed by atoms with van der Waals surface area (Å²) in [6.07, 6.45) is -0.396. The molecule has 1 aliphatic rings. The zero-order valence-corrected chi connectivity index (χ0v) is 12.5. The Labute approximate surface area is 124 Å². The largest absolute Gasteiger partial charge is 0.453 e. The van der Waals surface area contributed by atoms with Gasteiger partial charge in [-0.15, -0.1) is 0 Å². The number of ether oxygens (including phenoxy) is 1. The standard InChI is InChI=1S/C13H14BrFN2O3/c1-20-13(19)17-6-4-16(5-7-17)12(18)9-2-3-10(14)11(15)8-9/h2-3,8H,4-7H2,1H3. The number of benzene rings is 1. The number of hydrogen-bond acceptors (Lipinski definition) is 3. The first-order chi connectivity index (χ1) is 9.52. The Bertz CT molecular complexity index is 530. The van der Waals surface area contributed by atoms with Crippen LogP contribution in [0.4, 0.5) is 9.18 Å². The normalized spacial score (nSPS) is 15.2. The third-order valence-electron chi connectivity index (χ3n) is 3.17. The lowest BCUT2D eigenvalue weighted by Gasteiger charge is -2.33. The van der Waals surface area contributed by atoms with Crippen LogP contribution >= 0.6 is 15.9 Å². The maximum Gasteiger partial charge on any atom is 0.409 e. The lowest BCUT2D eigenvalue weighted by molar-refractivity contribution is 0.0599. The van der Waals surface area contributed by atoms with Crippen molar-refractivity contribution >= 4 is 27.9 Å². The fourth-order valence-corrected chi connectivity index (χ4v) is 2.28. The zero-order valence-electron chi connectivity index (χ0n) is 10.9. The number of nitrogens with zero attached hydrogens (tertiary/aromatic N) is 2. The van der Waals surface area contributed by atoms with Gasteiger partial charge in [0.2, 0.25) is 0 Å². The molecule has 0 radical (unpaired) electrons. The lowest BCUT2D eigenvalue weighted by Crippen LogP contribution is -2.50. The third-order valence-corrected chi connectivity index (χ3v) is 3.81. The molecule has 0 spiro atoms. The first-order valence-electron chi connectivity index (χ1n) is 6.10. The van der Waals surface area contributed by atoms with E-state index < -0.39 is 11.9 Å². The molecular formula is C13H14BrFN2O3. The molecule has 1 heterocycles. The molecule has 0 unspecified atom stereocenters. The Hall–Kier alpha value is -1.63. The van der Waals surface area contributed by atoms with Gasteiger partial charge in [-0.1, -0.05) is 0 Å². The molecule has 5 nitrogen and oxygen atoms in total. The van der Waals surface area contributed by atoms with Crippen molar-refractivity contribution in [2.75, 3.05) is 33.3 Å². The number of carbonyl (C=O) groups is 2. The molecule has 0 bridgehead atoms. The second kappa shape index (κ2) is 6.21. The van der Waals surface area contributed by atoms with Gasteiger partial charge >= 0.3 is 6.09 Å². The smallest absolute Gasteiger partial charge is 0.409 e. The van der Waals surface area contributed by atoms with Crippen LogP contribution in [0.3, 0.4) is 0 Å². The number of rotatable bonds is 1. The highest BCUT2D eigenvalue weighted by molar-refractivity contribution is 9.10. The summed E-state index contributed by atoms with van der Waals surface area (Å²) in [5.41, 5.74) is 0.303. The molecule has 2 amide bonds. The summed E-state index contributed by atoms with van der Waals surface area (Å²) in [6.45, 7) is 1.64. The van der Waals surface area contributed by atoms with E-state index in [1.807, 2.05) is 0 Å². The second-order valence-electron chi connectivity index (χ2n) is 4.38. The molecule has 2 rings (SSSR count). The molecular weight excluding hydrogens is 331 g/mol. The van der Waals surface area contributed by atoms with Crippen molar-refractivity contribution in [3.05, 3.63) is 34.1 Å². The summed E-state index contributed by atoms with van der Waals surface area (Å²) in [6, 6.07) is 4.29. The van der Waals surface area contributed by atoms with Gasteiger partial charge in [0.25, 0.3) is 5.91 Å². The number of carbonyl (C=O) groups excluding carboxylic acids is 2. The van der Waals surface area contributed by atoms with Gasteiger partial charge in [-0.3, -0.25) is 4.79 Å². The average Bonchev–Trinajstić information content (AvgIpc) is 2.48. The average molecular weight is 345 g/mol. The van der Waals surface area contributed by atoms with E-state index in [0.717, 1.165) is 0 Å². The number of methoxy groups -OCH3 is 1. The van der Waals surface area contributed by atoms with Crippen LogP contribution in [-0.4, -0.2) is 55.1 Å². The fraction of sp³-hybridized carbons (Fsp3) is 0.385. The Morgan fingerprint density at radius 2 is 1.80 bits per heavy atom. The monoisotopic (exact) mass is 344 g/mol. The van der Waals surface area contributed by atoms with Crippen LogP contribution in [0.5, 0.6) is 0 Å². The predicted molar refractivity (Wildman–Crippen MR) is 74.0 cm³/mol. The van der Waals surface area contributed by atoms with Gasteiger partial charge in [-0.05, 0) is 34.1 Å². The number of halogens is 2. The van der Waals surface area contributed by atoms with Crippen molar-refractivity contribution in [3.63, 3.8) is 0 Å². The molecule has 1 aromatic rings. The summed E-state index contributed by atoms with van der Waals surface area (Å²) < 4.78 is 18.4. The molecule has 7 heteroatoms. The van der Waals surface area contributed by atoms with E-state index in [1.54, 1.807) is 11.0 Å². The highest BCUT2D eigenvalue weighted by Gasteiger charge is 2.25. The Balaban J connectivity index is 2.01. The van der Waals surface area contributed by atoms with Crippen molar-refractivity contribution in [1.29, 1.82) is 0 Å². The second-order valence-corrected chi connectivity index (χ2v) is 5.23. The van der Waals surface area contributed by atoms with Crippen LogP contribution in [-0.2, 0) is 4.74 Å². The topological polar surface area (TPSA) is 49.9 Å². The summed E-state index contributed by atoms with van der Waals surface area (Å²) in [5, 5.41) is 0. The van der Waals surface area contributed by atoms with Crippen molar-refractivity contribution in [2.24, 2.45) is 0 Å². The van der Waals surface area contributed by atoms with Gasteiger partial charge in [-0.25, -0.2) is 9.18 Å². The van der Waals surface area contributed by atoms with Crippen molar-refractivity contribution in [2.45, 2.75) is 0 Å². The quantitative estimate of drug-likeness (QED) is 0.783. The molecule has 0 saturated carbocycles. The number of piperazine rings is 1. The molecule has 108 valence electrons. The summed E-state index contributed by atoms with van der Waals surface area (Å²) in [5.74, 6) is -0.704. The van der Waals surface area contributed by atoms with E-state index in [2.05, 4.69) is 20.7 Å². The van der Waals surface area contributed by atoms with E-state index in [-0.39, 0.29) is 5.91 Å². The van der Waals surface area contributed by atoms with Crippen molar-refractivity contribution in [3.8, 4) is 0 Å². The molecule has 1 aromatic carbocycles. The molecule has 1 aliphatic heterocycles. The van der Waals surface area contributed by atoms with Gasteiger partial charge in [0.15, 0.2) is 0 Å². The van der Waals surface area contributed by atoms with Crippen LogP contribution in [0, 0.1) is 5.82 Å². The Kier molecular flexibility index (Phi) is 4.59. The van der Waals surface area contributed by atoms with E-state index >= 15 is 0 Å². The van der Waals surface area contributed by atoms with Crippen molar-refractivity contribution in [1.82, 2.24) is 9.80 Å². The first-order valence-corrected chi connectivity index (χ1v) is 6.89. The molecule has 1 fully saturated rings. The first kappa shape index (κ1) is 14.8. The van der Waals surface area contributed by atoms with E-state index in [1.165, 1.54) is 24.1 Å².